The second-order valence-electron chi connectivity index (χ2n) is 7.66. The number of aromatic nitrogens is 2. The average molecular weight is 459 g/mol. The first-order valence-corrected chi connectivity index (χ1v) is 10.8. The lowest BCUT2D eigenvalue weighted by Gasteiger charge is -2.18. The van der Waals surface area contributed by atoms with E-state index in [2.05, 4.69) is 27.6 Å². The largest absolute Gasteiger partial charge is 0.351 e. The van der Waals surface area contributed by atoms with Crippen LogP contribution in [-0.4, -0.2) is 35.3 Å². The Morgan fingerprint density at radius 1 is 1.12 bits per heavy atom. The fourth-order valence-electron chi connectivity index (χ4n) is 3.81. The molecule has 0 aliphatic rings. The molecule has 0 bridgehead atoms. The highest BCUT2D eigenvalue weighted by atomic mass is 35.5. The lowest BCUT2D eigenvalue weighted by molar-refractivity contribution is 0.0952. The van der Waals surface area contributed by atoms with Crippen molar-refractivity contribution < 1.29 is 4.79 Å². The van der Waals surface area contributed by atoms with Gasteiger partial charge in [-0.2, -0.15) is 5.10 Å². The van der Waals surface area contributed by atoms with Gasteiger partial charge >= 0.3 is 0 Å². The molecule has 1 amide bonds. The zero-order valence-electron chi connectivity index (χ0n) is 18.0. The van der Waals surface area contributed by atoms with E-state index in [1.165, 1.54) is 4.90 Å². The van der Waals surface area contributed by atoms with Gasteiger partial charge in [-0.25, -0.2) is 0 Å². The van der Waals surface area contributed by atoms with Crippen molar-refractivity contribution in [3.05, 3.63) is 94.1 Å². The number of aromatic amines is 1. The molecule has 1 heterocycles. The van der Waals surface area contributed by atoms with E-state index in [4.69, 9.17) is 22.4 Å². The van der Waals surface area contributed by atoms with Gasteiger partial charge < -0.3 is 5.32 Å². The van der Waals surface area contributed by atoms with Crippen molar-refractivity contribution >= 4 is 46.8 Å². The van der Waals surface area contributed by atoms with Crippen LogP contribution in [0.3, 0.4) is 0 Å². The molecule has 0 radical (unpaired) electrons. The molecule has 3 aromatic carbocycles. The summed E-state index contributed by atoms with van der Waals surface area (Å²) in [7, 11) is 0. The Bertz CT molecular complexity index is 1310. The van der Waals surface area contributed by atoms with Crippen LogP contribution in [-0.2, 0) is 0 Å². The maximum absolute atomic E-state index is 13.0. The molecule has 4 aromatic rings. The smallest absolute Gasteiger partial charge is 0.252 e. The van der Waals surface area contributed by atoms with Crippen LogP contribution in [0.5, 0.6) is 0 Å². The molecule has 0 aliphatic heterocycles. The molecule has 1 atom stereocenters. The quantitative estimate of drug-likeness (QED) is 0.217. The van der Waals surface area contributed by atoms with Crippen molar-refractivity contribution in [1.29, 1.82) is 10.8 Å². The van der Waals surface area contributed by atoms with Crippen LogP contribution in [0.25, 0.3) is 10.9 Å². The molecule has 8 heteroatoms. The van der Waals surface area contributed by atoms with Crippen LogP contribution in [0.1, 0.15) is 33.1 Å². The van der Waals surface area contributed by atoms with E-state index in [0.717, 1.165) is 40.4 Å². The van der Waals surface area contributed by atoms with E-state index in [1.807, 2.05) is 43.3 Å². The van der Waals surface area contributed by atoms with Crippen LogP contribution in [0.2, 0.25) is 5.02 Å². The normalized spacial score (nSPS) is 11.7. The monoisotopic (exact) mass is 458 g/mol. The highest BCUT2D eigenvalue weighted by Gasteiger charge is 2.21. The summed E-state index contributed by atoms with van der Waals surface area (Å²) in [6.45, 7) is 2.38. The van der Waals surface area contributed by atoms with E-state index >= 15 is 0 Å². The van der Waals surface area contributed by atoms with Crippen molar-refractivity contribution in [2.45, 2.75) is 12.8 Å². The second-order valence-corrected chi connectivity index (χ2v) is 8.07. The van der Waals surface area contributed by atoms with Crippen LogP contribution < -0.4 is 10.2 Å². The van der Waals surface area contributed by atoms with Crippen molar-refractivity contribution in [2.24, 2.45) is 0 Å². The summed E-state index contributed by atoms with van der Waals surface area (Å²) < 4.78 is 0. The summed E-state index contributed by atoms with van der Waals surface area (Å²) in [6.07, 6.45) is 2.00. The van der Waals surface area contributed by atoms with Crippen LogP contribution >= 0.6 is 11.6 Å². The van der Waals surface area contributed by atoms with Gasteiger partial charge in [-0.15, -0.1) is 0 Å². The Balaban J connectivity index is 1.61. The number of hydrogen-bond acceptors (Lipinski definition) is 4. The SMILES string of the molecule is Cc1ccc2c(C(CNC(=O)c3ccc(N(C=N)C=N)cc3Cl)c3ccccc3)[nH]nc2c1. The number of carbonyl (C=O) groups excluding carboxylic acids is 1. The standard InChI is InChI=1S/C25H23ClN6O/c1-16-7-9-20-23(11-16)30-31-24(20)21(17-5-3-2-4-6-17)13-29-25(33)19-10-8-18(12-22(19)26)32(14-27)15-28/h2-12,14-15,21,27-28H,13H2,1H3,(H,29,33)(H,30,31). The third kappa shape index (κ3) is 4.63. The van der Waals surface area contributed by atoms with E-state index in [9.17, 15) is 4.79 Å². The van der Waals surface area contributed by atoms with E-state index in [0.29, 0.717) is 17.8 Å². The summed E-state index contributed by atoms with van der Waals surface area (Å²) in [6, 6.07) is 20.9. The van der Waals surface area contributed by atoms with Crippen LogP contribution in [0.4, 0.5) is 5.69 Å². The van der Waals surface area contributed by atoms with Crippen molar-refractivity contribution in [3.63, 3.8) is 0 Å². The average Bonchev–Trinajstić information content (AvgIpc) is 3.23. The summed E-state index contributed by atoms with van der Waals surface area (Å²) >= 11 is 6.35. The van der Waals surface area contributed by atoms with E-state index in [-0.39, 0.29) is 16.8 Å². The zero-order valence-corrected chi connectivity index (χ0v) is 18.7. The van der Waals surface area contributed by atoms with Gasteiger partial charge in [0.1, 0.15) is 0 Å². The minimum Gasteiger partial charge on any atom is -0.351 e. The molecule has 0 spiro atoms. The van der Waals surface area contributed by atoms with Gasteiger partial charge in [0.25, 0.3) is 5.91 Å². The van der Waals surface area contributed by atoms with Crippen molar-refractivity contribution in [1.82, 2.24) is 15.5 Å². The van der Waals surface area contributed by atoms with Crippen molar-refractivity contribution in [3.8, 4) is 0 Å². The van der Waals surface area contributed by atoms with Crippen molar-refractivity contribution in [2.75, 3.05) is 11.4 Å². The number of amides is 1. The first-order valence-electron chi connectivity index (χ1n) is 10.4. The number of benzene rings is 3. The van der Waals surface area contributed by atoms with Gasteiger partial charge in [0.2, 0.25) is 0 Å². The number of nitrogens with one attached hydrogen (secondary N) is 4. The summed E-state index contributed by atoms with van der Waals surface area (Å²) in [5, 5.41) is 26.6. The number of carbonyl (C=O) groups is 1. The molecule has 0 saturated heterocycles. The zero-order chi connectivity index (χ0) is 23.4. The number of rotatable bonds is 8. The van der Waals surface area contributed by atoms with Gasteiger partial charge in [0.15, 0.2) is 0 Å². The Hall–Kier alpha value is -3.97. The number of fused-ring (bicyclic) bond motifs is 1. The summed E-state index contributed by atoms with van der Waals surface area (Å²) in [5.41, 5.74) is 4.87. The van der Waals surface area contributed by atoms with E-state index < -0.39 is 0 Å². The Kier molecular flexibility index (Phi) is 6.51. The van der Waals surface area contributed by atoms with Gasteiger partial charge in [-0.3, -0.25) is 25.6 Å². The molecule has 4 N–H and O–H groups in total. The summed E-state index contributed by atoms with van der Waals surface area (Å²) in [4.78, 5) is 14.3. The molecule has 0 saturated carbocycles. The molecule has 0 fully saturated rings. The first-order chi connectivity index (χ1) is 16.0. The molecule has 33 heavy (non-hydrogen) atoms. The Morgan fingerprint density at radius 3 is 2.58 bits per heavy atom. The minimum atomic E-state index is -0.302. The molecule has 4 rings (SSSR count). The molecular formula is C25H23ClN6O. The van der Waals surface area contributed by atoms with Gasteiger partial charge in [0, 0.05) is 23.5 Å². The van der Waals surface area contributed by atoms with Crippen LogP contribution in [0, 0.1) is 17.7 Å². The molecular weight excluding hydrogens is 436 g/mol. The van der Waals surface area contributed by atoms with Gasteiger partial charge in [-0.1, -0.05) is 54.1 Å². The fourth-order valence-corrected chi connectivity index (χ4v) is 4.07. The topological polar surface area (TPSA) is 109 Å². The number of nitrogens with zero attached hydrogens (tertiary/aromatic N) is 2. The van der Waals surface area contributed by atoms with Gasteiger partial charge in [-0.05, 0) is 42.3 Å². The number of halogens is 1. The highest BCUT2D eigenvalue weighted by Crippen LogP contribution is 2.29. The summed E-state index contributed by atoms with van der Waals surface area (Å²) in [5.74, 6) is -0.435. The van der Waals surface area contributed by atoms with Gasteiger partial charge in [0.05, 0.1) is 34.5 Å². The number of H-pyrrole nitrogens is 1. The molecule has 0 aliphatic carbocycles. The molecule has 1 aromatic heterocycles. The predicted octanol–water partition coefficient (Wildman–Crippen LogP) is 5.11. The molecule has 166 valence electrons. The maximum atomic E-state index is 13.0. The Labute approximate surface area is 196 Å². The minimum absolute atomic E-state index is 0.132. The molecule has 1 unspecified atom stereocenters. The number of aryl methyl sites for hydroxylation is 1. The number of anilines is 1. The Morgan fingerprint density at radius 2 is 1.88 bits per heavy atom. The first kappa shape index (κ1) is 22.2. The number of hydrogen-bond donors (Lipinski definition) is 4. The third-order valence-corrected chi connectivity index (χ3v) is 5.84. The second kappa shape index (κ2) is 9.67. The van der Waals surface area contributed by atoms with E-state index in [1.54, 1.807) is 18.2 Å². The maximum Gasteiger partial charge on any atom is 0.252 e. The highest BCUT2D eigenvalue weighted by molar-refractivity contribution is 6.34. The lowest BCUT2D eigenvalue weighted by Crippen LogP contribution is -2.29. The van der Waals surface area contributed by atoms with Crippen LogP contribution in [0.15, 0.2) is 66.7 Å². The predicted molar refractivity (Wildman–Crippen MR) is 133 cm³/mol. The third-order valence-electron chi connectivity index (χ3n) is 5.53. The fraction of sp³-hybridized carbons (Fsp3) is 0.120. The molecule has 7 nitrogen and oxygen atoms in total. The lowest BCUT2D eigenvalue weighted by atomic mass is 9.93.